The van der Waals surface area contributed by atoms with Crippen LogP contribution in [0.1, 0.15) is 37.9 Å². The van der Waals surface area contributed by atoms with E-state index in [0.29, 0.717) is 13.1 Å². The molecule has 2 aromatic heterocycles. The number of piperidine rings is 1. The van der Waals surface area contributed by atoms with E-state index in [4.69, 9.17) is 4.98 Å². The predicted octanol–water partition coefficient (Wildman–Crippen LogP) is 3.41. The first kappa shape index (κ1) is 18.1. The zero-order chi connectivity index (χ0) is 18.9. The Morgan fingerprint density at radius 1 is 1.19 bits per heavy atom. The summed E-state index contributed by atoms with van der Waals surface area (Å²) in [5.41, 5.74) is 2.11. The fourth-order valence-corrected chi connectivity index (χ4v) is 5.37. The normalized spacial score (nSPS) is 18.8. The molecule has 3 aromatic rings. The van der Waals surface area contributed by atoms with E-state index in [0.717, 1.165) is 42.7 Å². The van der Waals surface area contributed by atoms with Crippen molar-refractivity contribution in [1.29, 1.82) is 0 Å². The number of fused-ring (bicyclic) bond motifs is 1. The van der Waals surface area contributed by atoms with Gasteiger partial charge in [-0.2, -0.15) is 4.31 Å². The quantitative estimate of drug-likeness (QED) is 0.676. The number of imidazole rings is 1. The minimum Gasteiger partial charge on any atom is -0.328 e. The van der Waals surface area contributed by atoms with Gasteiger partial charge in [-0.15, -0.1) is 0 Å². The SMILES string of the molecule is CCCn1c(C2CCCN(S(=O)(=O)c3cccnc3)C2)nc2ccccc21. The molecule has 0 aliphatic carbocycles. The van der Waals surface area contributed by atoms with Crippen LogP contribution in [0.4, 0.5) is 0 Å². The van der Waals surface area contributed by atoms with Crippen molar-refractivity contribution in [2.24, 2.45) is 0 Å². The molecule has 6 nitrogen and oxygen atoms in total. The number of sulfonamides is 1. The van der Waals surface area contributed by atoms with Crippen molar-refractivity contribution in [1.82, 2.24) is 18.8 Å². The third-order valence-electron chi connectivity index (χ3n) is 5.15. The molecule has 0 spiro atoms. The second kappa shape index (κ2) is 7.40. The van der Waals surface area contributed by atoms with E-state index in [1.54, 1.807) is 22.6 Å². The average Bonchev–Trinajstić information content (AvgIpc) is 3.08. The Kier molecular flexibility index (Phi) is 4.97. The molecule has 3 heterocycles. The molecule has 1 aromatic carbocycles. The Hall–Kier alpha value is -2.25. The summed E-state index contributed by atoms with van der Waals surface area (Å²) in [4.78, 5) is 9.10. The summed E-state index contributed by atoms with van der Waals surface area (Å²) in [5.74, 6) is 1.10. The topological polar surface area (TPSA) is 68.1 Å². The van der Waals surface area contributed by atoms with Crippen LogP contribution in [0.2, 0.25) is 0 Å². The Balaban J connectivity index is 1.68. The summed E-state index contributed by atoms with van der Waals surface area (Å²) in [6.45, 7) is 4.05. The van der Waals surface area contributed by atoms with Gasteiger partial charge in [0.25, 0.3) is 0 Å². The lowest BCUT2D eigenvalue weighted by molar-refractivity contribution is 0.305. The Morgan fingerprint density at radius 3 is 2.81 bits per heavy atom. The first-order valence-electron chi connectivity index (χ1n) is 9.46. The standard InChI is InChI=1S/C20H24N4O2S/c1-2-12-24-19-10-4-3-9-18(19)22-20(24)16-7-6-13-23(15-16)27(25,26)17-8-5-11-21-14-17/h3-5,8-11,14,16H,2,6-7,12-13,15H2,1H3. The van der Waals surface area contributed by atoms with Crippen LogP contribution in [-0.2, 0) is 16.6 Å². The van der Waals surface area contributed by atoms with Crippen molar-refractivity contribution < 1.29 is 8.42 Å². The first-order chi connectivity index (χ1) is 13.1. The predicted molar refractivity (Wildman–Crippen MR) is 105 cm³/mol. The van der Waals surface area contributed by atoms with Crippen LogP contribution in [0.15, 0.2) is 53.7 Å². The van der Waals surface area contributed by atoms with Gasteiger partial charge in [0.15, 0.2) is 0 Å². The van der Waals surface area contributed by atoms with Crippen LogP contribution in [0, 0.1) is 0 Å². The largest absolute Gasteiger partial charge is 0.328 e. The van der Waals surface area contributed by atoms with Gasteiger partial charge in [-0.25, -0.2) is 13.4 Å². The number of para-hydroxylation sites is 2. The number of aryl methyl sites for hydroxylation is 1. The fraction of sp³-hybridized carbons (Fsp3) is 0.400. The highest BCUT2D eigenvalue weighted by Crippen LogP contribution is 2.32. The zero-order valence-corrected chi connectivity index (χ0v) is 16.3. The second-order valence-electron chi connectivity index (χ2n) is 7.00. The monoisotopic (exact) mass is 384 g/mol. The number of hydrogen-bond donors (Lipinski definition) is 0. The fourth-order valence-electron chi connectivity index (χ4n) is 3.88. The van der Waals surface area contributed by atoms with Crippen LogP contribution in [0.3, 0.4) is 0 Å². The van der Waals surface area contributed by atoms with Gasteiger partial charge >= 0.3 is 0 Å². The summed E-state index contributed by atoms with van der Waals surface area (Å²) in [6.07, 6.45) is 5.81. The van der Waals surface area contributed by atoms with E-state index >= 15 is 0 Å². The molecule has 7 heteroatoms. The maximum atomic E-state index is 13.0. The van der Waals surface area contributed by atoms with Crippen molar-refractivity contribution in [3.63, 3.8) is 0 Å². The van der Waals surface area contributed by atoms with Crippen LogP contribution in [-0.4, -0.2) is 40.3 Å². The molecule has 1 unspecified atom stereocenters. The minimum absolute atomic E-state index is 0.101. The molecule has 1 atom stereocenters. The zero-order valence-electron chi connectivity index (χ0n) is 15.5. The lowest BCUT2D eigenvalue weighted by Gasteiger charge is -2.31. The van der Waals surface area contributed by atoms with Crippen molar-refractivity contribution >= 4 is 21.1 Å². The highest BCUT2D eigenvalue weighted by molar-refractivity contribution is 7.89. The van der Waals surface area contributed by atoms with Gasteiger partial charge in [-0.1, -0.05) is 19.1 Å². The van der Waals surface area contributed by atoms with Gasteiger partial charge in [0.1, 0.15) is 10.7 Å². The van der Waals surface area contributed by atoms with Gasteiger partial charge in [0.05, 0.1) is 11.0 Å². The molecule has 0 amide bonds. The van der Waals surface area contributed by atoms with Gasteiger partial charge in [0.2, 0.25) is 10.0 Å². The van der Waals surface area contributed by atoms with Crippen LogP contribution >= 0.6 is 0 Å². The Bertz CT molecular complexity index is 1030. The molecule has 142 valence electrons. The molecule has 27 heavy (non-hydrogen) atoms. The summed E-state index contributed by atoms with van der Waals surface area (Å²) < 4.78 is 29.9. The van der Waals surface area contributed by atoms with Gasteiger partial charge in [-0.05, 0) is 43.5 Å². The van der Waals surface area contributed by atoms with E-state index in [1.165, 1.54) is 6.20 Å². The Morgan fingerprint density at radius 2 is 2.04 bits per heavy atom. The summed E-state index contributed by atoms with van der Waals surface area (Å²) >= 11 is 0. The molecule has 0 saturated carbocycles. The van der Waals surface area contributed by atoms with Crippen molar-refractivity contribution in [2.45, 2.75) is 43.5 Å². The van der Waals surface area contributed by atoms with E-state index in [-0.39, 0.29) is 10.8 Å². The molecule has 0 radical (unpaired) electrons. The molecule has 0 bridgehead atoms. The molecule has 0 N–H and O–H groups in total. The molecule has 1 aliphatic heterocycles. The molecular weight excluding hydrogens is 360 g/mol. The summed E-state index contributed by atoms with van der Waals surface area (Å²) in [7, 11) is -3.52. The minimum atomic E-state index is -3.52. The highest BCUT2D eigenvalue weighted by Gasteiger charge is 2.33. The van der Waals surface area contributed by atoms with Gasteiger partial charge < -0.3 is 4.57 Å². The number of rotatable bonds is 5. The van der Waals surface area contributed by atoms with Crippen molar-refractivity contribution in [3.05, 3.63) is 54.6 Å². The van der Waals surface area contributed by atoms with Crippen LogP contribution < -0.4 is 0 Å². The van der Waals surface area contributed by atoms with Crippen LogP contribution in [0.25, 0.3) is 11.0 Å². The number of nitrogens with zero attached hydrogens (tertiary/aromatic N) is 4. The summed E-state index contributed by atoms with van der Waals surface area (Å²) in [6, 6.07) is 11.4. The van der Waals surface area contributed by atoms with Gasteiger partial charge in [0, 0.05) is 37.9 Å². The molecular formula is C20H24N4O2S. The number of pyridine rings is 1. The maximum absolute atomic E-state index is 13.0. The van der Waals surface area contributed by atoms with E-state index in [1.807, 2.05) is 18.2 Å². The lowest BCUT2D eigenvalue weighted by Crippen LogP contribution is -2.39. The third kappa shape index (κ3) is 3.37. The van der Waals surface area contributed by atoms with E-state index < -0.39 is 10.0 Å². The van der Waals surface area contributed by atoms with E-state index in [9.17, 15) is 8.42 Å². The third-order valence-corrected chi connectivity index (χ3v) is 7.00. The lowest BCUT2D eigenvalue weighted by atomic mass is 9.99. The molecule has 1 saturated heterocycles. The average molecular weight is 385 g/mol. The first-order valence-corrected chi connectivity index (χ1v) is 10.9. The molecule has 1 aliphatic rings. The second-order valence-corrected chi connectivity index (χ2v) is 8.94. The van der Waals surface area contributed by atoms with Crippen LogP contribution in [0.5, 0.6) is 0 Å². The summed E-state index contributed by atoms with van der Waals surface area (Å²) in [5, 5.41) is 0. The number of benzene rings is 1. The maximum Gasteiger partial charge on any atom is 0.244 e. The number of hydrogen-bond acceptors (Lipinski definition) is 4. The Labute approximate surface area is 159 Å². The smallest absolute Gasteiger partial charge is 0.244 e. The van der Waals surface area contributed by atoms with Crippen molar-refractivity contribution in [3.8, 4) is 0 Å². The highest BCUT2D eigenvalue weighted by atomic mass is 32.2. The van der Waals surface area contributed by atoms with E-state index in [2.05, 4.69) is 22.5 Å². The number of aromatic nitrogens is 3. The molecule has 1 fully saturated rings. The van der Waals surface area contributed by atoms with Crippen molar-refractivity contribution in [2.75, 3.05) is 13.1 Å². The van der Waals surface area contributed by atoms with Gasteiger partial charge in [-0.3, -0.25) is 4.98 Å². The molecule has 4 rings (SSSR count).